The van der Waals surface area contributed by atoms with Crippen LogP contribution in [0.5, 0.6) is 0 Å². The van der Waals surface area contributed by atoms with E-state index in [-0.39, 0.29) is 18.2 Å². The molecule has 120 valence electrons. The van der Waals surface area contributed by atoms with Crippen molar-refractivity contribution in [2.45, 2.75) is 45.8 Å². The number of aliphatic carboxylic acids is 1. The number of aryl methyl sites for hydroxylation is 1. The smallest absolute Gasteiger partial charge is 0.330 e. The van der Waals surface area contributed by atoms with Gasteiger partial charge in [0.05, 0.1) is 18.0 Å². The molecule has 1 aliphatic rings. The lowest BCUT2D eigenvalue weighted by Gasteiger charge is -2.58. The normalized spacial score (nSPS) is 26.1. The molecular weight excluding hydrogens is 286 g/mol. The fourth-order valence-electron chi connectivity index (χ4n) is 2.80. The third-order valence-corrected chi connectivity index (χ3v) is 4.47. The zero-order chi connectivity index (χ0) is 16.5. The number of hydrogen-bond donors (Lipinski definition) is 2. The summed E-state index contributed by atoms with van der Waals surface area (Å²) >= 11 is 0. The Morgan fingerprint density at radius 2 is 2.09 bits per heavy atom. The van der Waals surface area contributed by atoms with Crippen molar-refractivity contribution in [2.24, 2.45) is 5.41 Å². The summed E-state index contributed by atoms with van der Waals surface area (Å²) < 4.78 is 5.56. The summed E-state index contributed by atoms with van der Waals surface area (Å²) in [7, 11) is 0. The van der Waals surface area contributed by atoms with Crippen LogP contribution in [-0.2, 0) is 9.53 Å². The van der Waals surface area contributed by atoms with E-state index in [2.05, 4.69) is 15.3 Å². The zero-order valence-electron chi connectivity index (χ0n) is 13.2. The van der Waals surface area contributed by atoms with E-state index in [4.69, 9.17) is 4.74 Å². The Balaban J connectivity index is 2.22. The summed E-state index contributed by atoms with van der Waals surface area (Å²) in [4.78, 5) is 32.1. The molecule has 2 rings (SSSR count). The van der Waals surface area contributed by atoms with Gasteiger partial charge in [-0.25, -0.2) is 9.78 Å². The lowest BCUT2D eigenvalue weighted by molar-refractivity contribution is -0.190. The number of nitrogens with zero attached hydrogens (tertiary/aromatic N) is 2. The highest BCUT2D eigenvalue weighted by atomic mass is 16.5. The van der Waals surface area contributed by atoms with Crippen LogP contribution in [-0.4, -0.2) is 45.2 Å². The van der Waals surface area contributed by atoms with Gasteiger partial charge in [0.25, 0.3) is 5.91 Å². The molecule has 1 aromatic heterocycles. The molecule has 0 spiro atoms. The van der Waals surface area contributed by atoms with Crippen LogP contribution in [0.3, 0.4) is 0 Å². The van der Waals surface area contributed by atoms with E-state index in [0.29, 0.717) is 12.3 Å². The van der Waals surface area contributed by atoms with E-state index >= 15 is 0 Å². The van der Waals surface area contributed by atoms with Gasteiger partial charge >= 0.3 is 5.97 Å². The summed E-state index contributed by atoms with van der Waals surface area (Å²) in [5.74, 6) is -1.61. The van der Waals surface area contributed by atoms with Crippen LogP contribution in [0.1, 0.15) is 43.4 Å². The molecule has 2 N–H and O–H groups in total. The van der Waals surface area contributed by atoms with Gasteiger partial charge in [-0.3, -0.25) is 9.78 Å². The van der Waals surface area contributed by atoms with Gasteiger partial charge in [-0.2, -0.15) is 0 Å². The van der Waals surface area contributed by atoms with E-state index in [1.54, 1.807) is 20.8 Å². The minimum atomic E-state index is -1.36. The minimum Gasteiger partial charge on any atom is -0.479 e. The maximum absolute atomic E-state index is 12.3. The Labute approximate surface area is 129 Å². The highest BCUT2D eigenvalue weighted by Gasteiger charge is 2.66. The highest BCUT2D eigenvalue weighted by molar-refractivity contribution is 5.97. The average molecular weight is 307 g/mol. The molecule has 22 heavy (non-hydrogen) atoms. The Hall–Kier alpha value is -2.02. The van der Waals surface area contributed by atoms with Gasteiger partial charge in [0, 0.05) is 24.6 Å². The van der Waals surface area contributed by atoms with Crippen molar-refractivity contribution >= 4 is 11.9 Å². The fraction of sp³-hybridized carbons (Fsp3) is 0.600. The predicted molar refractivity (Wildman–Crippen MR) is 78.4 cm³/mol. The lowest BCUT2D eigenvalue weighted by Crippen LogP contribution is -2.76. The maximum Gasteiger partial charge on any atom is 0.330 e. The van der Waals surface area contributed by atoms with Gasteiger partial charge < -0.3 is 15.2 Å². The molecule has 7 heteroatoms. The Morgan fingerprint density at radius 1 is 1.41 bits per heavy atom. The number of amides is 1. The molecule has 0 aromatic carbocycles. The molecule has 1 aliphatic carbocycles. The first-order chi connectivity index (χ1) is 10.2. The summed E-state index contributed by atoms with van der Waals surface area (Å²) in [6, 6.07) is 0. The van der Waals surface area contributed by atoms with Crippen molar-refractivity contribution in [1.82, 2.24) is 15.3 Å². The fourth-order valence-corrected chi connectivity index (χ4v) is 2.80. The molecule has 0 bridgehead atoms. The predicted octanol–water partition coefficient (Wildman–Crippen LogP) is 1.17. The summed E-state index contributed by atoms with van der Waals surface area (Å²) in [6.45, 7) is 7.69. The molecule has 0 aliphatic heterocycles. The molecule has 7 nitrogen and oxygen atoms in total. The van der Waals surface area contributed by atoms with E-state index in [9.17, 15) is 14.7 Å². The van der Waals surface area contributed by atoms with Crippen molar-refractivity contribution in [2.75, 3.05) is 6.61 Å². The third-order valence-electron chi connectivity index (χ3n) is 4.47. The van der Waals surface area contributed by atoms with E-state index in [1.165, 1.54) is 12.4 Å². The minimum absolute atomic E-state index is 0.0990. The van der Waals surface area contributed by atoms with Gasteiger partial charge in [-0.05, 0) is 13.8 Å². The summed E-state index contributed by atoms with van der Waals surface area (Å²) in [5.41, 5.74) is -1.30. The molecule has 2 atom stereocenters. The van der Waals surface area contributed by atoms with E-state index in [1.807, 2.05) is 6.92 Å². The van der Waals surface area contributed by atoms with E-state index < -0.39 is 22.8 Å². The van der Waals surface area contributed by atoms with Gasteiger partial charge in [-0.15, -0.1) is 0 Å². The lowest BCUT2D eigenvalue weighted by atomic mass is 9.54. The number of rotatable bonds is 5. The molecule has 0 radical (unpaired) electrons. The standard InChI is InChI=1S/C15H21N3O4/c1-5-22-11-6-15(13(20)21,14(11,3)4)18-12(19)10-8-16-9(2)7-17-10/h7-8,11H,5-6H2,1-4H3,(H,18,19)(H,20,21)/t11-,15-/m1/s1. The SMILES string of the molecule is CCO[C@@H]1C[C@@](NC(=O)c2cnc(C)cn2)(C(=O)O)C1(C)C. The molecule has 1 saturated carbocycles. The average Bonchev–Trinajstić information content (AvgIpc) is 2.46. The van der Waals surface area contributed by atoms with Crippen LogP contribution in [0.25, 0.3) is 0 Å². The van der Waals surface area contributed by atoms with Crippen molar-refractivity contribution < 1.29 is 19.4 Å². The first-order valence-electron chi connectivity index (χ1n) is 7.20. The number of carbonyl (C=O) groups is 2. The van der Waals surface area contributed by atoms with Crippen LogP contribution in [0.4, 0.5) is 0 Å². The molecular formula is C15H21N3O4. The number of carboxylic acid groups (broad SMARTS) is 1. The van der Waals surface area contributed by atoms with Crippen LogP contribution in [0.15, 0.2) is 12.4 Å². The van der Waals surface area contributed by atoms with Crippen molar-refractivity contribution in [3.8, 4) is 0 Å². The van der Waals surface area contributed by atoms with Gasteiger partial charge in [0.2, 0.25) is 0 Å². The van der Waals surface area contributed by atoms with Gasteiger partial charge in [-0.1, -0.05) is 13.8 Å². The van der Waals surface area contributed by atoms with Crippen LogP contribution in [0.2, 0.25) is 0 Å². The Bertz CT molecular complexity index is 585. The van der Waals surface area contributed by atoms with Gasteiger partial charge in [0.15, 0.2) is 0 Å². The largest absolute Gasteiger partial charge is 0.479 e. The Morgan fingerprint density at radius 3 is 2.55 bits per heavy atom. The summed E-state index contributed by atoms with van der Waals surface area (Å²) in [5, 5.41) is 12.3. The molecule has 0 unspecified atom stereocenters. The molecule has 1 fully saturated rings. The number of ether oxygens (including phenoxy) is 1. The molecule has 1 amide bonds. The second kappa shape index (κ2) is 5.64. The number of hydrogen-bond acceptors (Lipinski definition) is 5. The van der Waals surface area contributed by atoms with Crippen LogP contribution in [0, 0.1) is 12.3 Å². The van der Waals surface area contributed by atoms with Crippen molar-refractivity contribution in [1.29, 1.82) is 0 Å². The monoisotopic (exact) mass is 307 g/mol. The third kappa shape index (κ3) is 2.45. The molecule has 1 heterocycles. The second-order valence-electron chi connectivity index (χ2n) is 6.08. The topological polar surface area (TPSA) is 101 Å². The Kier molecular flexibility index (Phi) is 4.19. The van der Waals surface area contributed by atoms with Crippen LogP contribution < -0.4 is 5.32 Å². The number of carboxylic acids is 1. The number of aromatic nitrogens is 2. The first kappa shape index (κ1) is 16.4. The zero-order valence-corrected chi connectivity index (χ0v) is 13.2. The second-order valence-corrected chi connectivity index (χ2v) is 6.08. The first-order valence-corrected chi connectivity index (χ1v) is 7.20. The quantitative estimate of drug-likeness (QED) is 0.847. The van der Waals surface area contributed by atoms with Crippen LogP contribution >= 0.6 is 0 Å². The number of carbonyl (C=O) groups excluding carboxylic acids is 1. The van der Waals surface area contributed by atoms with E-state index in [0.717, 1.165) is 0 Å². The molecule has 0 saturated heterocycles. The highest BCUT2D eigenvalue weighted by Crippen LogP contribution is 2.51. The van der Waals surface area contributed by atoms with Gasteiger partial charge in [0.1, 0.15) is 11.2 Å². The maximum atomic E-state index is 12.3. The van der Waals surface area contributed by atoms with Crippen molar-refractivity contribution in [3.05, 3.63) is 23.8 Å². The molecule has 1 aromatic rings. The number of nitrogens with one attached hydrogen (secondary N) is 1. The summed E-state index contributed by atoms with van der Waals surface area (Å²) in [6.07, 6.45) is 2.83. The van der Waals surface area contributed by atoms with Crippen molar-refractivity contribution in [3.63, 3.8) is 0 Å².